The van der Waals surface area contributed by atoms with Gasteiger partial charge < -0.3 is 24.7 Å². The molecular formula is C24H16ClFN2O4. The summed E-state index contributed by atoms with van der Waals surface area (Å²) in [6.45, 7) is 0.275. The van der Waals surface area contributed by atoms with E-state index in [1.54, 1.807) is 36.4 Å². The second-order valence-corrected chi connectivity index (χ2v) is 7.68. The summed E-state index contributed by atoms with van der Waals surface area (Å²) in [5.74, 6) is 1.22. The molecule has 0 saturated carbocycles. The second kappa shape index (κ2) is 7.98. The van der Waals surface area contributed by atoms with Gasteiger partial charge in [-0.25, -0.2) is 4.39 Å². The molecule has 0 unspecified atom stereocenters. The molecule has 3 aromatic carbocycles. The molecule has 32 heavy (non-hydrogen) atoms. The van der Waals surface area contributed by atoms with E-state index in [1.165, 1.54) is 12.1 Å². The fraction of sp³-hybridized carbons (Fsp3) is 0.125. The first-order valence-corrected chi connectivity index (χ1v) is 10.1. The molecule has 8 heteroatoms. The zero-order valence-electron chi connectivity index (χ0n) is 16.6. The SMILES string of the molecule is N#CC1=C(N)Oc2cc3c(cc2[C@H]1c1ccc(OCc2cccc(F)c2)c(Cl)c1)OCO3. The predicted octanol–water partition coefficient (Wildman–Crippen LogP) is 5.00. The van der Waals surface area contributed by atoms with E-state index in [4.69, 9.17) is 36.3 Å². The van der Waals surface area contributed by atoms with Crippen molar-refractivity contribution in [1.29, 1.82) is 5.26 Å². The van der Waals surface area contributed by atoms with Gasteiger partial charge in [-0.1, -0.05) is 29.8 Å². The third-order valence-electron chi connectivity index (χ3n) is 5.28. The van der Waals surface area contributed by atoms with Gasteiger partial charge in [0.15, 0.2) is 11.5 Å². The Morgan fingerprint density at radius 2 is 1.91 bits per heavy atom. The van der Waals surface area contributed by atoms with Gasteiger partial charge in [0.1, 0.15) is 35.6 Å². The summed E-state index contributed by atoms with van der Waals surface area (Å²) in [6, 6.07) is 17.0. The quantitative estimate of drug-likeness (QED) is 0.601. The van der Waals surface area contributed by atoms with Gasteiger partial charge in [0, 0.05) is 11.6 Å². The van der Waals surface area contributed by atoms with E-state index in [9.17, 15) is 9.65 Å². The summed E-state index contributed by atoms with van der Waals surface area (Å²) < 4.78 is 35.7. The van der Waals surface area contributed by atoms with E-state index in [2.05, 4.69) is 6.07 Å². The first-order chi connectivity index (χ1) is 15.5. The minimum Gasteiger partial charge on any atom is -0.487 e. The summed E-state index contributed by atoms with van der Waals surface area (Å²) >= 11 is 6.49. The van der Waals surface area contributed by atoms with Crippen molar-refractivity contribution in [2.24, 2.45) is 5.73 Å². The van der Waals surface area contributed by atoms with Crippen LogP contribution >= 0.6 is 11.6 Å². The van der Waals surface area contributed by atoms with Crippen LogP contribution in [0.15, 0.2) is 66.1 Å². The number of ether oxygens (including phenoxy) is 4. The topological polar surface area (TPSA) is 86.7 Å². The first kappa shape index (κ1) is 20.0. The van der Waals surface area contributed by atoms with Gasteiger partial charge in [0.2, 0.25) is 12.7 Å². The van der Waals surface area contributed by atoms with Crippen LogP contribution in [0.2, 0.25) is 5.02 Å². The normalized spacial score (nSPS) is 16.2. The average Bonchev–Trinajstić information content (AvgIpc) is 3.23. The molecule has 3 aromatic rings. The van der Waals surface area contributed by atoms with Gasteiger partial charge in [-0.15, -0.1) is 0 Å². The molecule has 0 saturated heterocycles. The zero-order valence-corrected chi connectivity index (χ0v) is 17.4. The Balaban J connectivity index is 1.48. The highest BCUT2D eigenvalue weighted by Crippen LogP contribution is 2.48. The summed E-state index contributed by atoms with van der Waals surface area (Å²) in [6.07, 6.45) is 0. The minimum absolute atomic E-state index is 0.0198. The van der Waals surface area contributed by atoms with Gasteiger partial charge in [0.25, 0.3) is 0 Å². The third-order valence-corrected chi connectivity index (χ3v) is 5.58. The molecule has 0 fully saturated rings. The Hall–Kier alpha value is -3.89. The number of nitrogens with zero attached hydrogens (tertiary/aromatic N) is 1. The molecule has 6 nitrogen and oxygen atoms in total. The van der Waals surface area contributed by atoms with Crippen molar-refractivity contribution in [3.8, 4) is 29.1 Å². The molecule has 2 heterocycles. The standard InChI is InChI=1S/C24H16ClFN2O4/c25-18-7-14(4-5-19(18)29-11-13-2-1-3-15(26)6-13)23-16-8-21-22(31-12-30-21)9-20(16)32-24(28)17(23)10-27/h1-9,23H,11-12,28H2/t23-/m1/s1. The van der Waals surface area contributed by atoms with Crippen molar-refractivity contribution in [2.45, 2.75) is 12.5 Å². The van der Waals surface area contributed by atoms with Crippen LogP contribution in [0.25, 0.3) is 0 Å². The highest BCUT2D eigenvalue weighted by Gasteiger charge is 2.33. The highest BCUT2D eigenvalue weighted by molar-refractivity contribution is 6.32. The Kier molecular flexibility index (Phi) is 5.00. The van der Waals surface area contributed by atoms with Crippen molar-refractivity contribution >= 4 is 11.6 Å². The summed E-state index contributed by atoms with van der Waals surface area (Å²) in [5.41, 5.74) is 8.44. The molecule has 0 aromatic heterocycles. The van der Waals surface area contributed by atoms with Crippen LogP contribution in [0.1, 0.15) is 22.6 Å². The molecule has 5 rings (SSSR count). The number of fused-ring (bicyclic) bond motifs is 2. The number of halogens is 2. The van der Waals surface area contributed by atoms with Crippen molar-refractivity contribution in [2.75, 3.05) is 6.79 Å². The molecule has 0 bridgehead atoms. The Morgan fingerprint density at radius 1 is 1.09 bits per heavy atom. The number of nitrogens with two attached hydrogens (primary N) is 1. The molecule has 0 spiro atoms. The van der Waals surface area contributed by atoms with Crippen LogP contribution in [0.3, 0.4) is 0 Å². The highest BCUT2D eigenvalue weighted by atomic mass is 35.5. The maximum Gasteiger partial charge on any atom is 0.231 e. The van der Waals surface area contributed by atoms with Crippen LogP contribution in [-0.4, -0.2) is 6.79 Å². The van der Waals surface area contributed by atoms with Gasteiger partial charge in [-0.3, -0.25) is 0 Å². The van der Waals surface area contributed by atoms with Gasteiger partial charge in [-0.05, 0) is 41.5 Å². The monoisotopic (exact) mass is 450 g/mol. The van der Waals surface area contributed by atoms with Gasteiger partial charge in [-0.2, -0.15) is 5.26 Å². The number of rotatable bonds is 4. The molecule has 0 radical (unpaired) electrons. The van der Waals surface area contributed by atoms with Crippen molar-refractivity contribution in [3.63, 3.8) is 0 Å². The molecule has 2 aliphatic rings. The third kappa shape index (κ3) is 3.55. The molecule has 2 aliphatic heterocycles. The molecule has 2 N–H and O–H groups in total. The summed E-state index contributed by atoms with van der Waals surface area (Å²) in [7, 11) is 0. The van der Waals surface area contributed by atoms with Gasteiger partial charge >= 0.3 is 0 Å². The lowest BCUT2D eigenvalue weighted by Gasteiger charge is -2.27. The van der Waals surface area contributed by atoms with E-state index in [0.717, 1.165) is 5.56 Å². The smallest absolute Gasteiger partial charge is 0.231 e. The van der Waals surface area contributed by atoms with Crippen LogP contribution in [0, 0.1) is 17.1 Å². The number of allylic oxidation sites excluding steroid dienone is 1. The molecule has 0 aliphatic carbocycles. The zero-order chi connectivity index (χ0) is 22.2. The van der Waals surface area contributed by atoms with Crippen molar-refractivity contribution < 1.29 is 23.3 Å². The van der Waals surface area contributed by atoms with Crippen LogP contribution in [0.5, 0.6) is 23.0 Å². The number of nitriles is 1. The van der Waals surface area contributed by atoms with Crippen LogP contribution in [0.4, 0.5) is 4.39 Å². The second-order valence-electron chi connectivity index (χ2n) is 7.28. The number of hydrogen-bond acceptors (Lipinski definition) is 6. The Bertz CT molecular complexity index is 1300. The van der Waals surface area contributed by atoms with E-state index in [0.29, 0.717) is 39.1 Å². The predicted molar refractivity (Wildman–Crippen MR) is 114 cm³/mol. The van der Waals surface area contributed by atoms with Crippen molar-refractivity contribution in [3.05, 3.63) is 93.6 Å². The van der Waals surface area contributed by atoms with Crippen molar-refractivity contribution in [1.82, 2.24) is 0 Å². The number of hydrogen-bond donors (Lipinski definition) is 1. The van der Waals surface area contributed by atoms with Gasteiger partial charge in [0.05, 0.1) is 10.9 Å². The lowest BCUT2D eigenvalue weighted by molar-refractivity contribution is 0.174. The lowest BCUT2D eigenvalue weighted by atomic mass is 9.83. The van der Waals surface area contributed by atoms with E-state index in [-0.39, 0.29) is 30.7 Å². The molecule has 1 atom stereocenters. The lowest BCUT2D eigenvalue weighted by Crippen LogP contribution is -2.21. The van der Waals surface area contributed by atoms with E-state index in [1.807, 2.05) is 6.07 Å². The number of benzene rings is 3. The van der Waals surface area contributed by atoms with E-state index >= 15 is 0 Å². The Labute approximate surface area is 188 Å². The maximum atomic E-state index is 13.4. The molecular weight excluding hydrogens is 435 g/mol. The molecule has 160 valence electrons. The largest absolute Gasteiger partial charge is 0.487 e. The van der Waals surface area contributed by atoms with E-state index < -0.39 is 5.92 Å². The summed E-state index contributed by atoms with van der Waals surface area (Å²) in [5, 5.41) is 10.1. The fourth-order valence-corrected chi connectivity index (χ4v) is 4.04. The minimum atomic E-state index is -0.506. The molecule has 0 amide bonds. The maximum absolute atomic E-state index is 13.4. The van der Waals surface area contributed by atoms with Crippen LogP contribution < -0.4 is 24.7 Å². The first-order valence-electron chi connectivity index (χ1n) is 9.71. The van der Waals surface area contributed by atoms with Crippen LogP contribution in [-0.2, 0) is 6.61 Å². The Morgan fingerprint density at radius 3 is 2.66 bits per heavy atom. The fourth-order valence-electron chi connectivity index (χ4n) is 3.79. The average molecular weight is 451 g/mol. The summed E-state index contributed by atoms with van der Waals surface area (Å²) in [4.78, 5) is 0.